The molecule has 78 valence electrons. The van der Waals surface area contributed by atoms with Crippen molar-refractivity contribution in [2.24, 2.45) is 0 Å². The summed E-state index contributed by atoms with van der Waals surface area (Å²) >= 11 is 0. The molecule has 1 aliphatic rings. The summed E-state index contributed by atoms with van der Waals surface area (Å²) in [4.78, 5) is 21.4. The first-order valence-electron chi connectivity index (χ1n) is 4.21. The quantitative estimate of drug-likeness (QED) is 0.684. The minimum atomic E-state index is -1.16. The van der Waals surface area contributed by atoms with Gasteiger partial charge in [0, 0.05) is 0 Å². The van der Waals surface area contributed by atoms with Crippen LogP contribution >= 0.6 is 0 Å². The Morgan fingerprint density at radius 2 is 1.33 bits per heavy atom. The van der Waals surface area contributed by atoms with Crippen LogP contribution in [0.1, 0.15) is 6.42 Å². The number of carbonyl (C=O) groups is 2. The van der Waals surface area contributed by atoms with Crippen molar-refractivity contribution in [3.63, 3.8) is 0 Å². The first-order chi connectivity index (χ1) is 6.95. The number of carboxylic acids is 2. The number of allylic oxidation sites excluding steroid dienone is 2. The molecule has 0 saturated heterocycles. The Morgan fingerprint density at radius 3 is 1.60 bits per heavy atom. The van der Waals surface area contributed by atoms with Crippen molar-refractivity contribution in [1.29, 1.82) is 0 Å². The molecule has 0 unspecified atom stereocenters. The predicted molar refractivity (Wildman–Crippen MR) is 54.3 cm³/mol. The molecule has 0 saturated carbocycles. The van der Waals surface area contributed by atoms with Gasteiger partial charge in [-0.2, -0.15) is 0 Å². The summed E-state index contributed by atoms with van der Waals surface area (Å²) < 4.78 is 0. The van der Waals surface area contributed by atoms with Crippen LogP contribution < -0.4 is 0 Å². The highest BCUT2D eigenvalue weighted by Crippen LogP contribution is 2.30. The second-order valence-corrected chi connectivity index (χ2v) is 3.04. The second-order valence-electron chi connectivity index (χ2n) is 3.04. The molecule has 2 N–H and O–H groups in total. The van der Waals surface area contributed by atoms with Crippen LogP contribution in [0.4, 0.5) is 0 Å². The molecule has 0 aromatic rings. The predicted octanol–water partition coefficient (Wildman–Crippen LogP) is 1.52. The standard InChI is InChI=1S/C11H10O4/c1-6(10(12)13)8-4-3-5-9(8)7(2)11(14)15/h4-5H,1-3H2,(H,12,13)(H,14,15). The molecule has 0 amide bonds. The van der Waals surface area contributed by atoms with Crippen LogP contribution in [0.3, 0.4) is 0 Å². The molecule has 0 atom stereocenters. The Kier molecular flexibility index (Phi) is 2.90. The van der Waals surface area contributed by atoms with Crippen molar-refractivity contribution < 1.29 is 19.8 Å². The zero-order valence-electron chi connectivity index (χ0n) is 7.99. The van der Waals surface area contributed by atoms with Gasteiger partial charge in [-0.3, -0.25) is 0 Å². The van der Waals surface area contributed by atoms with E-state index >= 15 is 0 Å². The fourth-order valence-electron chi connectivity index (χ4n) is 1.32. The molecule has 4 heteroatoms. The van der Waals surface area contributed by atoms with Crippen LogP contribution in [-0.4, -0.2) is 22.2 Å². The van der Waals surface area contributed by atoms with Crippen LogP contribution in [0.15, 0.2) is 47.6 Å². The van der Waals surface area contributed by atoms with Gasteiger partial charge in [-0.1, -0.05) is 25.3 Å². The Bertz CT molecular complexity index is 384. The first kappa shape index (κ1) is 11.0. The fraction of sp³-hybridized carbons (Fsp3) is 0.0909. The first-order valence-corrected chi connectivity index (χ1v) is 4.21. The van der Waals surface area contributed by atoms with Gasteiger partial charge >= 0.3 is 11.9 Å². The Morgan fingerprint density at radius 1 is 1.00 bits per heavy atom. The topological polar surface area (TPSA) is 74.6 Å². The average Bonchev–Trinajstić information content (AvgIpc) is 2.63. The van der Waals surface area contributed by atoms with Gasteiger partial charge < -0.3 is 10.2 Å². The average molecular weight is 206 g/mol. The van der Waals surface area contributed by atoms with Gasteiger partial charge in [-0.05, 0) is 17.6 Å². The van der Waals surface area contributed by atoms with Crippen molar-refractivity contribution in [3.05, 3.63) is 47.6 Å². The lowest BCUT2D eigenvalue weighted by Crippen LogP contribution is -2.08. The maximum Gasteiger partial charge on any atom is 0.335 e. The number of hydrogen-bond donors (Lipinski definition) is 2. The number of rotatable bonds is 4. The lowest BCUT2D eigenvalue weighted by atomic mass is 9.97. The Balaban J connectivity index is 3.00. The van der Waals surface area contributed by atoms with Crippen LogP contribution in [0.5, 0.6) is 0 Å². The molecular weight excluding hydrogens is 196 g/mol. The second kappa shape index (κ2) is 3.96. The molecule has 4 nitrogen and oxygen atoms in total. The highest BCUT2D eigenvalue weighted by molar-refractivity contribution is 5.99. The minimum Gasteiger partial charge on any atom is -0.478 e. The zero-order chi connectivity index (χ0) is 11.6. The molecule has 0 heterocycles. The molecule has 0 aliphatic heterocycles. The highest BCUT2D eigenvalue weighted by atomic mass is 16.4. The smallest absolute Gasteiger partial charge is 0.335 e. The van der Waals surface area contributed by atoms with E-state index in [9.17, 15) is 9.59 Å². The van der Waals surface area contributed by atoms with Crippen LogP contribution in [0.2, 0.25) is 0 Å². The lowest BCUT2D eigenvalue weighted by molar-refractivity contribution is -0.133. The van der Waals surface area contributed by atoms with Crippen molar-refractivity contribution >= 4 is 11.9 Å². The molecule has 1 rings (SSSR count). The highest BCUT2D eigenvalue weighted by Gasteiger charge is 2.22. The number of hydrogen-bond acceptors (Lipinski definition) is 2. The van der Waals surface area contributed by atoms with Gasteiger partial charge in [0.1, 0.15) is 0 Å². The minimum absolute atomic E-state index is 0.110. The molecular formula is C11H10O4. The SMILES string of the molecule is C=C(C(=O)O)C1=CCC=C1C(=C)C(=O)O. The largest absolute Gasteiger partial charge is 0.478 e. The Hall–Kier alpha value is -2.10. The maximum atomic E-state index is 10.7. The molecule has 15 heavy (non-hydrogen) atoms. The van der Waals surface area contributed by atoms with Crippen LogP contribution in [0.25, 0.3) is 0 Å². The van der Waals surface area contributed by atoms with Gasteiger partial charge in [0.05, 0.1) is 11.1 Å². The zero-order valence-corrected chi connectivity index (χ0v) is 7.99. The third kappa shape index (κ3) is 2.04. The molecule has 1 aliphatic carbocycles. The number of carboxylic acid groups (broad SMARTS) is 2. The van der Waals surface area contributed by atoms with Gasteiger partial charge in [0.25, 0.3) is 0 Å². The van der Waals surface area contributed by atoms with E-state index in [0.29, 0.717) is 17.6 Å². The lowest BCUT2D eigenvalue weighted by Gasteiger charge is -2.07. The van der Waals surface area contributed by atoms with Gasteiger partial charge in [-0.25, -0.2) is 9.59 Å². The van der Waals surface area contributed by atoms with Crippen molar-refractivity contribution in [2.45, 2.75) is 6.42 Å². The van der Waals surface area contributed by atoms with Gasteiger partial charge in [0.15, 0.2) is 0 Å². The van der Waals surface area contributed by atoms with E-state index in [1.165, 1.54) is 0 Å². The fourth-order valence-corrected chi connectivity index (χ4v) is 1.32. The summed E-state index contributed by atoms with van der Waals surface area (Å²) in [6.07, 6.45) is 3.75. The van der Waals surface area contributed by atoms with Gasteiger partial charge in [0.2, 0.25) is 0 Å². The van der Waals surface area contributed by atoms with E-state index in [1.807, 2.05) is 0 Å². The molecule has 0 aromatic heterocycles. The maximum absolute atomic E-state index is 10.7. The van der Waals surface area contributed by atoms with Crippen molar-refractivity contribution in [1.82, 2.24) is 0 Å². The van der Waals surface area contributed by atoms with Gasteiger partial charge in [-0.15, -0.1) is 0 Å². The van der Waals surface area contributed by atoms with E-state index in [2.05, 4.69) is 13.2 Å². The van der Waals surface area contributed by atoms with Crippen molar-refractivity contribution in [3.8, 4) is 0 Å². The summed E-state index contributed by atoms with van der Waals surface area (Å²) in [6.45, 7) is 6.77. The van der Waals surface area contributed by atoms with Crippen LogP contribution in [0, 0.1) is 0 Å². The normalized spacial score (nSPS) is 14.1. The van der Waals surface area contributed by atoms with Crippen LogP contribution in [-0.2, 0) is 9.59 Å². The molecule has 0 aromatic carbocycles. The third-order valence-corrected chi connectivity index (χ3v) is 2.10. The van der Waals surface area contributed by atoms with E-state index in [-0.39, 0.29) is 11.1 Å². The summed E-state index contributed by atoms with van der Waals surface area (Å²) in [5, 5.41) is 17.5. The summed E-state index contributed by atoms with van der Waals surface area (Å²) in [5.74, 6) is -2.32. The Labute approximate surface area is 86.5 Å². The molecule has 0 bridgehead atoms. The summed E-state index contributed by atoms with van der Waals surface area (Å²) in [7, 11) is 0. The number of aliphatic carboxylic acids is 2. The molecule has 0 spiro atoms. The van der Waals surface area contributed by atoms with E-state index < -0.39 is 11.9 Å². The third-order valence-electron chi connectivity index (χ3n) is 2.10. The van der Waals surface area contributed by atoms with Crippen molar-refractivity contribution in [2.75, 3.05) is 0 Å². The van der Waals surface area contributed by atoms with E-state index in [0.717, 1.165) is 0 Å². The summed E-state index contributed by atoms with van der Waals surface area (Å²) in [6, 6.07) is 0. The summed E-state index contributed by atoms with van der Waals surface area (Å²) in [5.41, 5.74) is 0.465. The van der Waals surface area contributed by atoms with E-state index in [1.54, 1.807) is 12.2 Å². The monoisotopic (exact) mass is 206 g/mol. The van der Waals surface area contributed by atoms with E-state index in [4.69, 9.17) is 10.2 Å². The molecule has 0 fully saturated rings. The molecule has 0 radical (unpaired) electrons.